The summed E-state index contributed by atoms with van der Waals surface area (Å²) in [6.45, 7) is 13.1. The van der Waals surface area contributed by atoms with E-state index in [-0.39, 0.29) is 34.8 Å². The Morgan fingerprint density at radius 3 is 1.47 bits per heavy atom. The molecule has 0 saturated heterocycles. The zero-order valence-corrected chi connectivity index (χ0v) is 28.0. The molecule has 0 bridgehead atoms. The summed E-state index contributed by atoms with van der Waals surface area (Å²) in [4.78, 5) is 0. The molecule has 0 fully saturated rings. The van der Waals surface area contributed by atoms with Crippen LogP contribution in [0.15, 0.2) is 115 Å². The van der Waals surface area contributed by atoms with Gasteiger partial charge in [0.1, 0.15) is 17.2 Å². The Labute approximate surface area is 272 Å². The molecule has 5 heteroatoms. The summed E-state index contributed by atoms with van der Waals surface area (Å²) in [6.07, 6.45) is 0. The van der Waals surface area contributed by atoms with Gasteiger partial charge in [0.15, 0.2) is 0 Å². The van der Waals surface area contributed by atoms with Crippen LogP contribution in [-0.2, 0) is 10.8 Å². The van der Waals surface area contributed by atoms with Gasteiger partial charge < -0.3 is 14.0 Å². The van der Waals surface area contributed by atoms with Crippen molar-refractivity contribution >= 4 is 63.6 Å². The van der Waals surface area contributed by atoms with Crippen LogP contribution < -0.4 is 14.0 Å². The third-order valence-corrected chi connectivity index (χ3v) is 7.75. The Hall–Kier alpha value is -3.71. The smallest absolute Gasteiger partial charge is 0.489 e. The molecule has 6 aromatic carbocycles. The second kappa shape index (κ2) is 12.1. The third-order valence-electron chi connectivity index (χ3n) is 7.75. The molecule has 6 rings (SSSR count). The average molecular weight is 680 g/mol. The summed E-state index contributed by atoms with van der Waals surface area (Å²) in [5.74, 6) is 2.18. The first-order valence-electron chi connectivity index (χ1n) is 14.6. The van der Waals surface area contributed by atoms with Gasteiger partial charge in [-0.25, -0.2) is 0 Å². The SMILES string of the molecule is CC(C)(C)c1ccccc1OB(Oc1ccccc1C(C)(C)C)Oc1cccc2ccc3cc4ccccc4cc3c12.I. The average Bonchev–Trinajstić information content (AvgIpc) is 2.95. The summed E-state index contributed by atoms with van der Waals surface area (Å²) in [7, 11) is -1.03. The number of fused-ring (bicyclic) bond motifs is 4. The van der Waals surface area contributed by atoms with Crippen molar-refractivity contribution in [2.75, 3.05) is 0 Å². The van der Waals surface area contributed by atoms with E-state index in [1.807, 2.05) is 48.5 Å². The van der Waals surface area contributed by atoms with Crippen LogP contribution in [0.2, 0.25) is 0 Å². The van der Waals surface area contributed by atoms with Crippen LogP contribution in [0.1, 0.15) is 52.7 Å². The zero-order valence-electron chi connectivity index (χ0n) is 25.7. The molecule has 3 nitrogen and oxygen atoms in total. The molecule has 43 heavy (non-hydrogen) atoms. The Morgan fingerprint density at radius 2 is 0.884 bits per heavy atom. The molecule has 0 spiro atoms. The van der Waals surface area contributed by atoms with Crippen LogP contribution in [0.5, 0.6) is 17.2 Å². The fourth-order valence-electron chi connectivity index (χ4n) is 5.63. The first kappa shape index (κ1) is 30.7. The first-order valence-corrected chi connectivity index (χ1v) is 14.6. The quantitative estimate of drug-likeness (QED) is 0.0759. The molecule has 218 valence electrons. The van der Waals surface area contributed by atoms with Gasteiger partial charge in [-0.2, -0.15) is 0 Å². The zero-order chi connectivity index (χ0) is 29.5. The summed E-state index contributed by atoms with van der Waals surface area (Å²) >= 11 is 0. The van der Waals surface area contributed by atoms with Gasteiger partial charge in [-0.3, -0.25) is 0 Å². The lowest BCUT2D eigenvalue weighted by Crippen LogP contribution is -2.38. The molecule has 0 aliphatic heterocycles. The van der Waals surface area contributed by atoms with Crippen LogP contribution in [0.25, 0.3) is 32.3 Å². The van der Waals surface area contributed by atoms with Gasteiger partial charge in [-0.05, 0) is 79.2 Å². The van der Waals surface area contributed by atoms with Crippen molar-refractivity contribution in [3.8, 4) is 17.2 Å². The maximum atomic E-state index is 6.75. The van der Waals surface area contributed by atoms with Gasteiger partial charge in [0, 0.05) is 5.39 Å². The lowest BCUT2D eigenvalue weighted by atomic mass is 9.86. The van der Waals surface area contributed by atoms with Crippen LogP contribution in [0.3, 0.4) is 0 Å². The van der Waals surface area contributed by atoms with E-state index in [2.05, 4.69) is 108 Å². The van der Waals surface area contributed by atoms with Crippen molar-refractivity contribution in [2.45, 2.75) is 52.4 Å². The van der Waals surface area contributed by atoms with E-state index in [1.54, 1.807) is 0 Å². The molecular weight excluding hydrogens is 642 g/mol. The molecule has 0 heterocycles. The molecule has 0 N–H and O–H groups in total. The highest BCUT2D eigenvalue weighted by molar-refractivity contribution is 14.0. The molecule has 0 aliphatic carbocycles. The normalized spacial score (nSPS) is 11.8. The standard InChI is InChI=1S/C38H37BO3.HI/c1-37(2,3)31-17-9-11-19-33(31)40-39(41-34-20-12-10-18-32(34)38(4,5)6)42-35-21-13-16-26-22-23-29-24-27-14-7-8-15-28(27)25-30(29)36(26)35;/h7-25H,1-6H3;1H. The van der Waals surface area contributed by atoms with Gasteiger partial charge in [0.25, 0.3) is 0 Å². The summed E-state index contributed by atoms with van der Waals surface area (Å²) in [5.41, 5.74) is 1.92. The molecule has 0 aliphatic rings. The second-order valence-electron chi connectivity index (χ2n) is 13.0. The number of rotatable bonds is 6. The van der Waals surface area contributed by atoms with Crippen molar-refractivity contribution in [1.29, 1.82) is 0 Å². The number of para-hydroxylation sites is 2. The van der Waals surface area contributed by atoms with Gasteiger partial charge in [0.05, 0.1) is 0 Å². The Balaban J connectivity index is 0.00000368. The fourth-order valence-corrected chi connectivity index (χ4v) is 5.63. The summed E-state index contributed by atoms with van der Waals surface area (Å²) < 4.78 is 20.0. The van der Waals surface area contributed by atoms with E-state index < -0.39 is 7.32 Å². The van der Waals surface area contributed by atoms with E-state index in [1.165, 1.54) is 10.8 Å². The molecule has 0 radical (unpaired) electrons. The van der Waals surface area contributed by atoms with Crippen LogP contribution in [-0.4, -0.2) is 7.32 Å². The summed E-state index contributed by atoms with van der Waals surface area (Å²) in [5, 5.41) is 6.82. The van der Waals surface area contributed by atoms with Crippen molar-refractivity contribution in [3.63, 3.8) is 0 Å². The minimum absolute atomic E-state index is 0. The van der Waals surface area contributed by atoms with Crippen molar-refractivity contribution in [2.24, 2.45) is 0 Å². The Morgan fingerprint density at radius 1 is 0.442 bits per heavy atom. The predicted molar refractivity (Wildman–Crippen MR) is 192 cm³/mol. The van der Waals surface area contributed by atoms with E-state index >= 15 is 0 Å². The van der Waals surface area contributed by atoms with Crippen molar-refractivity contribution in [3.05, 3.63) is 126 Å². The predicted octanol–water partition coefficient (Wildman–Crippen LogP) is 10.9. The maximum Gasteiger partial charge on any atom is 0.864 e. The Kier molecular flexibility index (Phi) is 8.66. The first-order chi connectivity index (χ1) is 20.1. The van der Waals surface area contributed by atoms with E-state index in [4.69, 9.17) is 14.0 Å². The molecule has 0 saturated carbocycles. The molecular formula is C38H38BIO3. The lowest BCUT2D eigenvalue weighted by Gasteiger charge is -2.27. The highest BCUT2D eigenvalue weighted by Gasteiger charge is 2.35. The number of halogens is 1. The number of benzene rings is 6. The summed E-state index contributed by atoms with van der Waals surface area (Å²) in [6, 6.07) is 39.7. The molecule has 0 amide bonds. The van der Waals surface area contributed by atoms with E-state index in [0.717, 1.165) is 44.2 Å². The van der Waals surface area contributed by atoms with Gasteiger partial charge in [-0.1, -0.05) is 126 Å². The van der Waals surface area contributed by atoms with E-state index in [0.29, 0.717) is 5.75 Å². The Bertz CT molecular complexity index is 1840. The van der Waals surface area contributed by atoms with Crippen LogP contribution in [0, 0.1) is 0 Å². The van der Waals surface area contributed by atoms with Gasteiger partial charge in [0.2, 0.25) is 0 Å². The fraction of sp³-hybridized carbons (Fsp3) is 0.211. The lowest BCUT2D eigenvalue weighted by molar-refractivity contribution is 0.302. The molecule has 0 atom stereocenters. The highest BCUT2D eigenvalue weighted by Crippen LogP contribution is 2.38. The topological polar surface area (TPSA) is 27.7 Å². The minimum atomic E-state index is -1.03. The van der Waals surface area contributed by atoms with Gasteiger partial charge in [-0.15, -0.1) is 24.0 Å². The second-order valence-corrected chi connectivity index (χ2v) is 13.0. The van der Waals surface area contributed by atoms with E-state index in [9.17, 15) is 0 Å². The van der Waals surface area contributed by atoms with Gasteiger partial charge >= 0.3 is 7.32 Å². The minimum Gasteiger partial charge on any atom is -0.489 e. The third kappa shape index (κ3) is 6.47. The monoisotopic (exact) mass is 680 g/mol. The largest absolute Gasteiger partial charge is 0.864 e. The highest BCUT2D eigenvalue weighted by atomic mass is 127. The molecule has 6 aromatic rings. The van der Waals surface area contributed by atoms with Crippen LogP contribution in [0.4, 0.5) is 0 Å². The van der Waals surface area contributed by atoms with Crippen molar-refractivity contribution in [1.82, 2.24) is 0 Å². The van der Waals surface area contributed by atoms with Crippen molar-refractivity contribution < 1.29 is 14.0 Å². The molecule has 0 unspecified atom stereocenters. The number of hydrogen-bond acceptors (Lipinski definition) is 3. The molecule has 0 aromatic heterocycles. The number of hydrogen-bond donors (Lipinski definition) is 0. The van der Waals surface area contributed by atoms with Crippen LogP contribution >= 0.6 is 24.0 Å². The maximum absolute atomic E-state index is 6.75.